The first-order valence-corrected chi connectivity index (χ1v) is 5.09. The average molecular weight is 262 g/mol. The molecule has 94 valence electrons. The maximum absolute atomic E-state index is 11.4. The van der Waals surface area contributed by atoms with Crippen molar-refractivity contribution in [1.29, 1.82) is 0 Å². The number of carbonyl (C=O) groups is 1. The van der Waals surface area contributed by atoms with Gasteiger partial charge in [-0.25, -0.2) is 4.79 Å². The number of nitrogens with one attached hydrogen (secondary N) is 1. The van der Waals surface area contributed by atoms with Crippen LogP contribution in [0.1, 0.15) is 0 Å². The van der Waals surface area contributed by atoms with Crippen molar-refractivity contribution in [2.45, 2.75) is 12.6 Å². The van der Waals surface area contributed by atoms with Crippen LogP contribution in [0.3, 0.4) is 0 Å². The van der Waals surface area contributed by atoms with E-state index in [2.05, 4.69) is 0 Å². The van der Waals surface area contributed by atoms with Crippen LogP contribution in [0.4, 0.5) is 0 Å². The van der Waals surface area contributed by atoms with Crippen LogP contribution in [0.5, 0.6) is 0 Å². The molecule has 1 rings (SSSR count). The molecule has 0 amide bonds. The van der Waals surface area contributed by atoms with Crippen molar-refractivity contribution < 1.29 is 9.90 Å². The van der Waals surface area contributed by atoms with E-state index >= 15 is 0 Å². The molecule has 0 unspecified atom stereocenters. The van der Waals surface area contributed by atoms with Crippen molar-refractivity contribution in [2.24, 2.45) is 0 Å². The van der Waals surface area contributed by atoms with Crippen LogP contribution in [-0.4, -0.2) is 45.7 Å². The molecule has 0 spiro atoms. The summed E-state index contributed by atoms with van der Waals surface area (Å²) in [6, 6.07) is -0.880. The highest BCUT2D eigenvalue weighted by Crippen LogP contribution is 2.00. The predicted octanol–water partition coefficient (Wildman–Crippen LogP) is -0.795. The van der Waals surface area contributed by atoms with Crippen molar-refractivity contribution in [3.63, 3.8) is 0 Å². The van der Waals surface area contributed by atoms with Crippen molar-refractivity contribution in [1.82, 2.24) is 14.5 Å². The summed E-state index contributed by atoms with van der Waals surface area (Å²) in [5.74, 6) is -1.07. The van der Waals surface area contributed by atoms with Gasteiger partial charge < -0.3 is 5.11 Å². The lowest BCUT2D eigenvalue weighted by atomic mass is 10.2. The minimum Gasteiger partial charge on any atom is -0.480 e. The standard InChI is InChI=1S/C9H12ClN3O4/c1-12(2)6(8(15)16)4-13-3-5(10)7(14)11-9(13)17/h3,6H,4H2,1-2H3,(H,15,16)(H,11,14,17)/t6-/m0/s1. The normalized spacial score (nSPS) is 12.7. The Morgan fingerprint density at radius 2 is 2.18 bits per heavy atom. The number of H-pyrrole nitrogens is 1. The highest BCUT2D eigenvalue weighted by Gasteiger charge is 2.21. The van der Waals surface area contributed by atoms with Crippen LogP contribution in [0, 0.1) is 0 Å². The molecule has 0 aliphatic rings. The van der Waals surface area contributed by atoms with E-state index in [4.69, 9.17) is 16.7 Å². The topological polar surface area (TPSA) is 95.4 Å². The molecule has 0 aliphatic carbocycles. The Kier molecular flexibility index (Phi) is 4.08. The van der Waals surface area contributed by atoms with Crippen LogP contribution in [0.2, 0.25) is 5.02 Å². The Balaban J connectivity index is 3.10. The number of carboxylic acid groups (broad SMARTS) is 1. The fourth-order valence-electron chi connectivity index (χ4n) is 1.27. The highest BCUT2D eigenvalue weighted by atomic mass is 35.5. The van der Waals surface area contributed by atoms with Crippen LogP contribution in [0.15, 0.2) is 15.8 Å². The van der Waals surface area contributed by atoms with Gasteiger partial charge in [0.1, 0.15) is 11.1 Å². The minimum atomic E-state index is -1.07. The second-order valence-electron chi connectivity index (χ2n) is 3.71. The lowest BCUT2D eigenvalue weighted by Crippen LogP contribution is -2.42. The number of aliphatic carboxylic acids is 1. The number of halogens is 1. The summed E-state index contributed by atoms with van der Waals surface area (Å²) in [5, 5.41) is 8.80. The summed E-state index contributed by atoms with van der Waals surface area (Å²) in [5.41, 5.74) is -1.38. The van der Waals surface area contributed by atoms with Crippen LogP contribution < -0.4 is 11.2 Å². The number of nitrogens with zero attached hydrogens (tertiary/aromatic N) is 2. The molecule has 1 aromatic rings. The van der Waals surface area contributed by atoms with Crippen molar-refractivity contribution in [3.05, 3.63) is 32.1 Å². The maximum atomic E-state index is 11.4. The molecule has 7 nitrogen and oxygen atoms in total. The van der Waals surface area contributed by atoms with E-state index in [9.17, 15) is 14.4 Å². The molecule has 1 heterocycles. The molecule has 0 aliphatic heterocycles. The molecule has 0 saturated heterocycles. The van der Waals surface area contributed by atoms with Gasteiger partial charge in [-0.3, -0.25) is 24.0 Å². The van der Waals surface area contributed by atoms with Crippen molar-refractivity contribution in [2.75, 3.05) is 14.1 Å². The zero-order valence-electron chi connectivity index (χ0n) is 9.31. The Labute approximate surface area is 101 Å². The highest BCUT2D eigenvalue weighted by molar-refractivity contribution is 6.30. The molecule has 8 heteroatoms. The van der Waals surface area contributed by atoms with Gasteiger partial charge in [-0.05, 0) is 14.1 Å². The van der Waals surface area contributed by atoms with Gasteiger partial charge in [-0.2, -0.15) is 0 Å². The molecule has 1 aromatic heterocycles. The summed E-state index contributed by atoms with van der Waals surface area (Å²) in [4.78, 5) is 36.8. The van der Waals surface area contributed by atoms with E-state index in [1.807, 2.05) is 4.98 Å². The zero-order chi connectivity index (χ0) is 13.2. The Hall–Kier alpha value is -1.60. The van der Waals surface area contributed by atoms with Gasteiger partial charge in [-0.1, -0.05) is 11.6 Å². The van der Waals surface area contributed by atoms with E-state index in [1.165, 1.54) is 4.90 Å². The molecule has 17 heavy (non-hydrogen) atoms. The smallest absolute Gasteiger partial charge is 0.328 e. The number of rotatable bonds is 4. The maximum Gasteiger partial charge on any atom is 0.328 e. The Morgan fingerprint density at radius 3 is 2.65 bits per heavy atom. The van der Waals surface area contributed by atoms with Gasteiger partial charge in [0, 0.05) is 6.20 Å². The second-order valence-corrected chi connectivity index (χ2v) is 4.11. The first kappa shape index (κ1) is 13.5. The van der Waals surface area contributed by atoms with Gasteiger partial charge in [0.05, 0.1) is 6.54 Å². The molecule has 0 fully saturated rings. The Morgan fingerprint density at radius 1 is 1.59 bits per heavy atom. The third kappa shape index (κ3) is 3.18. The summed E-state index contributed by atoms with van der Waals surface area (Å²) >= 11 is 5.56. The minimum absolute atomic E-state index is 0.0995. The zero-order valence-corrected chi connectivity index (χ0v) is 10.1. The molecule has 1 atom stereocenters. The largest absolute Gasteiger partial charge is 0.480 e. The predicted molar refractivity (Wildman–Crippen MR) is 61.4 cm³/mol. The average Bonchev–Trinajstić information content (AvgIpc) is 2.20. The van der Waals surface area contributed by atoms with Crippen molar-refractivity contribution >= 4 is 17.6 Å². The molecule has 0 aromatic carbocycles. The first-order valence-electron chi connectivity index (χ1n) is 4.71. The van der Waals surface area contributed by atoms with Gasteiger partial charge >= 0.3 is 11.7 Å². The SMILES string of the molecule is CN(C)[C@@H](Cn1cc(Cl)c(=O)[nH]c1=O)C(=O)O. The molecule has 0 bridgehead atoms. The van der Waals surface area contributed by atoms with Gasteiger partial charge in [0.2, 0.25) is 0 Å². The van der Waals surface area contributed by atoms with Crippen LogP contribution >= 0.6 is 11.6 Å². The molecular formula is C9H12ClN3O4. The molecule has 0 radical (unpaired) electrons. The molecular weight excluding hydrogens is 250 g/mol. The second kappa shape index (κ2) is 5.15. The number of aromatic nitrogens is 2. The van der Waals surface area contributed by atoms with Crippen LogP contribution in [0.25, 0.3) is 0 Å². The molecule has 2 N–H and O–H groups in total. The molecule has 0 saturated carbocycles. The summed E-state index contributed by atoms with van der Waals surface area (Å²) in [6.45, 7) is -0.0995. The summed E-state index contributed by atoms with van der Waals surface area (Å²) in [6.07, 6.45) is 1.13. The quantitative estimate of drug-likeness (QED) is 0.740. The monoisotopic (exact) mass is 261 g/mol. The number of hydrogen-bond donors (Lipinski definition) is 2. The lowest BCUT2D eigenvalue weighted by Gasteiger charge is -2.20. The van der Waals surface area contributed by atoms with Gasteiger partial charge in [0.25, 0.3) is 5.56 Å². The summed E-state index contributed by atoms with van der Waals surface area (Å²) in [7, 11) is 3.16. The number of carboxylic acids is 1. The van der Waals surface area contributed by atoms with Gasteiger partial charge in [-0.15, -0.1) is 0 Å². The summed E-state index contributed by atoms with van der Waals surface area (Å²) < 4.78 is 1.06. The third-order valence-corrected chi connectivity index (χ3v) is 2.51. The van der Waals surface area contributed by atoms with Gasteiger partial charge in [0.15, 0.2) is 0 Å². The number of likely N-dealkylation sites (N-methyl/N-ethyl adjacent to an activating group) is 1. The first-order chi connectivity index (χ1) is 7.82. The third-order valence-electron chi connectivity index (χ3n) is 2.25. The van der Waals surface area contributed by atoms with Crippen LogP contribution in [-0.2, 0) is 11.3 Å². The fourth-order valence-corrected chi connectivity index (χ4v) is 1.43. The van der Waals surface area contributed by atoms with E-state index in [1.54, 1.807) is 14.1 Å². The van der Waals surface area contributed by atoms with E-state index in [0.29, 0.717) is 0 Å². The van der Waals surface area contributed by atoms with E-state index < -0.39 is 23.3 Å². The number of aromatic amines is 1. The van der Waals surface area contributed by atoms with E-state index in [0.717, 1.165) is 10.8 Å². The van der Waals surface area contributed by atoms with E-state index in [-0.39, 0.29) is 11.6 Å². The fraction of sp³-hybridized carbons (Fsp3) is 0.444. The Bertz CT molecular complexity index is 534. The lowest BCUT2D eigenvalue weighted by molar-refractivity contribution is -0.142. The number of hydrogen-bond acceptors (Lipinski definition) is 4. The van der Waals surface area contributed by atoms with Crippen molar-refractivity contribution in [3.8, 4) is 0 Å².